The molecule has 2 amide bonds. The normalized spacial score (nSPS) is 17.5. The molecule has 1 atom stereocenters. The van der Waals surface area contributed by atoms with E-state index in [0.29, 0.717) is 61.4 Å². The van der Waals surface area contributed by atoms with Crippen molar-refractivity contribution in [3.8, 4) is 17.2 Å². The highest BCUT2D eigenvalue weighted by Crippen LogP contribution is 2.42. The number of rotatable bonds is 4. The van der Waals surface area contributed by atoms with Gasteiger partial charge >= 0.3 is 0 Å². The van der Waals surface area contributed by atoms with Crippen LogP contribution >= 0.6 is 11.6 Å². The molecule has 0 saturated heterocycles. The van der Waals surface area contributed by atoms with Crippen LogP contribution in [-0.2, 0) is 22.6 Å². The number of carbonyl (C=O) groups excluding carboxylic acids is 2. The lowest BCUT2D eigenvalue weighted by atomic mass is 9.87. The number of hydrogen-bond donors (Lipinski definition) is 1. The van der Waals surface area contributed by atoms with E-state index in [1.807, 2.05) is 41.3 Å². The number of benzene rings is 2. The van der Waals surface area contributed by atoms with E-state index in [1.165, 1.54) is 0 Å². The fourth-order valence-corrected chi connectivity index (χ4v) is 4.96. The molecule has 6 bridgehead atoms. The second-order valence-corrected chi connectivity index (χ2v) is 9.46. The molecule has 37 heavy (non-hydrogen) atoms. The molecular weight excluding hydrogens is 496 g/mol. The minimum absolute atomic E-state index is 0.0129. The van der Waals surface area contributed by atoms with Crippen LogP contribution in [0.25, 0.3) is 0 Å². The highest BCUT2D eigenvalue weighted by molar-refractivity contribution is 6.30. The minimum Gasteiger partial charge on any atom is -0.494 e. The Labute approximate surface area is 220 Å². The van der Waals surface area contributed by atoms with Gasteiger partial charge in [-0.05, 0) is 53.8 Å². The van der Waals surface area contributed by atoms with Crippen molar-refractivity contribution in [3.63, 3.8) is 0 Å². The first-order valence-electron chi connectivity index (χ1n) is 12.3. The second kappa shape index (κ2) is 11.1. The highest BCUT2D eigenvalue weighted by Gasteiger charge is 2.33. The van der Waals surface area contributed by atoms with Crippen molar-refractivity contribution in [2.45, 2.75) is 31.8 Å². The van der Waals surface area contributed by atoms with Gasteiger partial charge in [0.05, 0.1) is 31.0 Å². The van der Waals surface area contributed by atoms with Gasteiger partial charge in [0.25, 0.3) is 5.91 Å². The first kappa shape index (κ1) is 25.0. The van der Waals surface area contributed by atoms with Gasteiger partial charge < -0.3 is 24.4 Å². The van der Waals surface area contributed by atoms with E-state index in [0.717, 1.165) is 16.7 Å². The Hall–Kier alpha value is -3.72. The van der Waals surface area contributed by atoms with Gasteiger partial charge in [0.1, 0.15) is 5.75 Å². The highest BCUT2D eigenvalue weighted by atomic mass is 35.5. The predicted octanol–water partition coefficient (Wildman–Crippen LogP) is 3.39. The topological polar surface area (TPSA) is 94.9 Å². The van der Waals surface area contributed by atoms with Crippen LogP contribution in [0, 0.1) is 0 Å². The van der Waals surface area contributed by atoms with E-state index in [2.05, 4.69) is 10.4 Å². The van der Waals surface area contributed by atoms with Gasteiger partial charge in [-0.15, -0.1) is 0 Å². The van der Waals surface area contributed by atoms with Crippen LogP contribution in [0.4, 0.5) is 0 Å². The van der Waals surface area contributed by atoms with E-state index in [4.69, 9.17) is 25.8 Å². The summed E-state index contributed by atoms with van der Waals surface area (Å²) in [7, 11) is 1.57. The molecule has 10 heteroatoms. The van der Waals surface area contributed by atoms with Crippen molar-refractivity contribution < 1.29 is 23.8 Å². The standard InChI is InChI=1S/C27H29ClN4O5/c1-35-23-14-22-18-6-10-32(26(34)7-9-31-16-20(28)15-30-31)27(22)19-4-2-5-21(12-19)36-11-3-8-29-25(33)17-37-24(23)13-18/h2,4-5,12-16,27H,3,6-11,17H2,1H3,(H,29,33). The molecule has 1 unspecified atom stereocenters. The summed E-state index contributed by atoms with van der Waals surface area (Å²) >= 11 is 5.98. The van der Waals surface area contributed by atoms with E-state index in [1.54, 1.807) is 24.2 Å². The summed E-state index contributed by atoms with van der Waals surface area (Å²) in [5.41, 5.74) is 2.95. The number of methoxy groups -OCH3 is 1. The van der Waals surface area contributed by atoms with Crippen molar-refractivity contribution in [2.75, 3.05) is 33.4 Å². The molecule has 4 heterocycles. The van der Waals surface area contributed by atoms with Crippen molar-refractivity contribution in [3.05, 3.63) is 70.5 Å². The molecule has 1 aromatic heterocycles. The van der Waals surface area contributed by atoms with Crippen molar-refractivity contribution in [1.82, 2.24) is 20.0 Å². The number of hydrogen-bond acceptors (Lipinski definition) is 6. The van der Waals surface area contributed by atoms with Crippen LogP contribution in [0.5, 0.6) is 17.2 Å². The Balaban J connectivity index is 1.53. The average Bonchev–Trinajstić information content (AvgIpc) is 3.33. The molecule has 0 spiro atoms. The predicted molar refractivity (Wildman–Crippen MR) is 137 cm³/mol. The number of halogens is 1. The first-order chi connectivity index (χ1) is 18.0. The molecule has 3 aliphatic heterocycles. The van der Waals surface area contributed by atoms with Gasteiger partial charge in [0.15, 0.2) is 18.1 Å². The zero-order chi connectivity index (χ0) is 25.8. The Morgan fingerprint density at radius 3 is 2.97 bits per heavy atom. The maximum absolute atomic E-state index is 13.6. The molecule has 194 valence electrons. The lowest BCUT2D eigenvalue weighted by molar-refractivity contribution is -0.133. The summed E-state index contributed by atoms with van der Waals surface area (Å²) in [4.78, 5) is 27.7. The molecule has 3 aliphatic rings. The Morgan fingerprint density at radius 1 is 1.27 bits per heavy atom. The van der Waals surface area contributed by atoms with Crippen molar-refractivity contribution >= 4 is 23.4 Å². The fraction of sp³-hybridized carbons (Fsp3) is 0.370. The molecule has 0 saturated carbocycles. The Bertz CT molecular complexity index is 1290. The third kappa shape index (κ3) is 5.67. The number of nitrogens with one attached hydrogen (secondary N) is 1. The van der Waals surface area contributed by atoms with Gasteiger partial charge in [0.2, 0.25) is 5.91 Å². The Morgan fingerprint density at radius 2 is 2.16 bits per heavy atom. The number of aromatic nitrogens is 2. The molecule has 6 rings (SSSR count). The number of carbonyl (C=O) groups is 2. The summed E-state index contributed by atoms with van der Waals surface area (Å²) in [5.74, 6) is 1.54. The zero-order valence-corrected chi connectivity index (χ0v) is 21.4. The Kier molecular flexibility index (Phi) is 7.50. The van der Waals surface area contributed by atoms with Gasteiger partial charge in [-0.1, -0.05) is 23.7 Å². The summed E-state index contributed by atoms with van der Waals surface area (Å²) in [6.45, 7) is 1.80. The summed E-state index contributed by atoms with van der Waals surface area (Å²) in [6, 6.07) is 11.3. The second-order valence-electron chi connectivity index (χ2n) is 9.03. The van der Waals surface area contributed by atoms with E-state index in [9.17, 15) is 9.59 Å². The SMILES string of the molecule is COc1cc2c3cc1OCC(=O)NCCCOc1cccc(c1)C2N(C(=O)CCn1cc(Cl)cn1)CC3. The molecule has 9 nitrogen and oxygen atoms in total. The molecule has 1 N–H and O–H groups in total. The molecule has 0 aliphatic carbocycles. The molecule has 0 radical (unpaired) electrons. The smallest absolute Gasteiger partial charge is 0.257 e. The lowest BCUT2D eigenvalue weighted by Crippen LogP contribution is -2.41. The molecule has 3 aromatic rings. The minimum atomic E-state index is -0.333. The molecular formula is C27H29ClN4O5. The molecule has 2 aromatic carbocycles. The maximum Gasteiger partial charge on any atom is 0.257 e. The van der Waals surface area contributed by atoms with Crippen LogP contribution in [0.3, 0.4) is 0 Å². The van der Waals surface area contributed by atoms with Crippen molar-refractivity contribution in [2.24, 2.45) is 0 Å². The number of fused-ring (bicyclic) bond motifs is 8. The quantitative estimate of drug-likeness (QED) is 0.562. The average molecular weight is 525 g/mol. The van der Waals surface area contributed by atoms with E-state index in [-0.39, 0.29) is 30.9 Å². The fourth-order valence-electron chi connectivity index (χ4n) is 4.80. The summed E-state index contributed by atoms with van der Waals surface area (Å²) < 4.78 is 19.1. The van der Waals surface area contributed by atoms with Crippen LogP contribution < -0.4 is 19.5 Å². The number of ether oxygens (including phenoxy) is 3. The third-order valence-electron chi connectivity index (χ3n) is 6.58. The van der Waals surface area contributed by atoms with Crippen LogP contribution in [0.15, 0.2) is 48.8 Å². The maximum atomic E-state index is 13.6. The van der Waals surface area contributed by atoms with Crippen LogP contribution in [0.2, 0.25) is 5.02 Å². The van der Waals surface area contributed by atoms with Gasteiger partial charge in [0, 0.05) is 32.3 Å². The largest absolute Gasteiger partial charge is 0.494 e. The number of nitrogens with zero attached hydrogens (tertiary/aromatic N) is 3. The number of aryl methyl sites for hydroxylation is 1. The van der Waals surface area contributed by atoms with Gasteiger partial charge in [-0.2, -0.15) is 5.10 Å². The van der Waals surface area contributed by atoms with Crippen LogP contribution in [0.1, 0.15) is 35.6 Å². The van der Waals surface area contributed by atoms with Crippen LogP contribution in [-0.4, -0.2) is 59.9 Å². The summed E-state index contributed by atoms with van der Waals surface area (Å²) in [6.07, 6.45) is 4.86. The van der Waals surface area contributed by atoms with Gasteiger partial charge in [-0.3, -0.25) is 14.3 Å². The zero-order valence-electron chi connectivity index (χ0n) is 20.6. The van der Waals surface area contributed by atoms with Gasteiger partial charge in [-0.25, -0.2) is 0 Å². The summed E-state index contributed by atoms with van der Waals surface area (Å²) in [5, 5.41) is 7.58. The monoisotopic (exact) mass is 524 g/mol. The third-order valence-corrected chi connectivity index (χ3v) is 6.77. The van der Waals surface area contributed by atoms with E-state index < -0.39 is 0 Å². The van der Waals surface area contributed by atoms with Crippen molar-refractivity contribution in [1.29, 1.82) is 0 Å². The van der Waals surface area contributed by atoms with E-state index >= 15 is 0 Å². The molecule has 0 fully saturated rings. The first-order valence-corrected chi connectivity index (χ1v) is 12.7. The number of amides is 2. The lowest BCUT2D eigenvalue weighted by Gasteiger charge is -2.38.